The van der Waals surface area contributed by atoms with E-state index in [2.05, 4.69) is 20.6 Å². The third kappa shape index (κ3) is 3.99. The van der Waals surface area contributed by atoms with Crippen molar-refractivity contribution in [3.8, 4) is 0 Å². The zero-order valence-electron chi connectivity index (χ0n) is 13.0. The minimum Gasteiger partial charge on any atom is -0.351 e. The summed E-state index contributed by atoms with van der Waals surface area (Å²) >= 11 is 5.92. The lowest BCUT2D eigenvalue weighted by Crippen LogP contribution is -2.18. The molecule has 5 nitrogen and oxygen atoms in total. The molecule has 1 aromatic heterocycles. The molecule has 1 aliphatic rings. The van der Waals surface area contributed by atoms with Gasteiger partial charge in [0.1, 0.15) is 0 Å². The first-order valence-electron chi connectivity index (χ1n) is 7.78. The van der Waals surface area contributed by atoms with Crippen molar-refractivity contribution in [2.45, 2.75) is 38.6 Å². The average molecular weight is 331 g/mol. The molecule has 3 rings (SSSR count). The summed E-state index contributed by atoms with van der Waals surface area (Å²) in [6.07, 6.45) is 7.90. The molecular formula is C17H19ClN4O. The molecule has 2 aromatic rings. The first-order valence-corrected chi connectivity index (χ1v) is 8.16. The Hall–Kier alpha value is -2.14. The molecule has 0 atom stereocenters. The maximum atomic E-state index is 12.3. The molecule has 2 N–H and O–H groups in total. The number of amides is 1. The molecule has 23 heavy (non-hydrogen) atoms. The molecule has 1 heterocycles. The van der Waals surface area contributed by atoms with E-state index in [1.807, 2.05) is 13.0 Å². The molecule has 1 aliphatic carbocycles. The zero-order chi connectivity index (χ0) is 16.2. The van der Waals surface area contributed by atoms with Gasteiger partial charge in [-0.1, -0.05) is 24.4 Å². The van der Waals surface area contributed by atoms with Crippen LogP contribution in [-0.2, 0) is 0 Å². The predicted octanol–water partition coefficient (Wildman–Crippen LogP) is 4.05. The van der Waals surface area contributed by atoms with Crippen LogP contribution < -0.4 is 10.6 Å². The summed E-state index contributed by atoms with van der Waals surface area (Å²) in [5.74, 6) is 0.346. The summed E-state index contributed by atoms with van der Waals surface area (Å²) in [5.41, 5.74) is 2.06. The monoisotopic (exact) mass is 330 g/mol. The van der Waals surface area contributed by atoms with Crippen LogP contribution in [0.15, 0.2) is 30.6 Å². The van der Waals surface area contributed by atoms with E-state index in [0.717, 1.165) is 24.1 Å². The van der Waals surface area contributed by atoms with Crippen LogP contribution in [0.2, 0.25) is 5.02 Å². The van der Waals surface area contributed by atoms with Crippen molar-refractivity contribution in [3.63, 3.8) is 0 Å². The topological polar surface area (TPSA) is 66.9 Å². The van der Waals surface area contributed by atoms with E-state index in [1.165, 1.54) is 12.8 Å². The van der Waals surface area contributed by atoms with E-state index in [0.29, 0.717) is 22.6 Å². The molecular weight excluding hydrogens is 312 g/mol. The largest absolute Gasteiger partial charge is 0.351 e. The molecule has 0 unspecified atom stereocenters. The number of anilines is 2. The second kappa shape index (κ2) is 6.96. The van der Waals surface area contributed by atoms with Crippen LogP contribution in [0.4, 0.5) is 11.6 Å². The van der Waals surface area contributed by atoms with Crippen LogP contribution in [0.1, 0.15) is 41.6 Å². The highest BCUT2D eigenvalue weighted by Crippen LogP contribution is 2.21. The number of nitrogens with zero attached hydrogens (tertiary/aromatic N) is 2. The van der Waals surface area contributed by atoms with Gasteiger partial charge in [-0.25, -0.2) is 9.97 Å². The van der Waals surface area contributed by atoms with Gasteiger partial charge in [-0.05, 0) is 43.5 Å². The number of halogens is 1. The van der Waals surface area contributed by atoms with E-state index in [4.69, 9.17) is 11.6 Å². The summed E-state index contributed by atoms with van der Waals surface area (Å²) in [7, 11) is 0. The van der Waals surface area contributed by atoms with E-state index in [1.54, 1.807) is 24.5 Å². The van der Waals surface area contributed by atoms with Crippen LogP contribution in [0.5, 0.6) is 0 Å². The summed E-state index contributed by atoms with van der Waals surface area (Å²) in [6, 6.07) is 5.79. The number of hydrogen-bond donors (Lipinski definition) is 2. The van der Waals surface area contributed by atoms with Gasteiger partial charge in [-0.2, -0.15) is 0 Å². The Kier molecular flexibility index (Phi) is 4.76. The van der Waals surface area contributed by atoms with Crippen molar-refractivity contribution in [3.05, 3.63) is 46.7 Å². The Morgan fingerprint density at radius 3 is 2.57 bits per heavy atom. The molecule has 1 aromatic carbocycles. The molecule has 0 aliphatic heterocycles. The van der Waals surface area contributed by atoms with Crippen LogP contribution in [0.3, 0.4) is 0 Å². The van der Waals surface area contributed by atoms with E-state index >= 15 is 0 Å². The first kappa shape index (κ1) is 15.7. The highest BCUT2D eigenvalue weighted by Gasteiger charge is 2.16. The summed E-state index contributed by atoms with van der Waals surface area (Å²) < 4.78 is 0. The summed E-state index contributed by atoms with van der Waals surface area (Å²) in [4.78, 5) is 20.7. The number of carbonyl (C=O) groups is 1. The molecule has 0 saturated heterocycles. The van der Waals surface area contributed by atoms with Gasteiger partial charge in [-0.3, -0.25) is 4.79 Å². The normalized spacial score (nSPS) is 14.7. The number of nitrogens with one attached hydrogen (secondary N) is 2. The quantitative estimate of drug-likeness (QED) is 0.887. The van der Waals surface area contributed by atoms with Crippen LogP contribution in [0, 0.1) is 6.92 Å². The number of benzene rings is 1. The standard InChI is InChI=1S/C17H19ClN4O/c1-11-8-13(18)6-7-15(11)22-16(23)12-9-19-17(20-10-12)21-14-4-2-3-5-14/h6-10,14H,2-5H2,1H3,(H,22,23)(H,19,20,21). The highest BCUT2D eigenvalue weighted by molar-refractivity contribution is 6.30. The Morgan fingerprint density at radius 2 is 1.91 bits per heavy atom. The third-order valence-corrected chi connectivity index (χ3v) is 4.27. The van der Waals surface area contributed by atoms with Gasteiger partial charge >= 0.3 is 0 Å². The molecule has 120 valence electrons. The van der Waals surface area contributed by atoms with Gasteiger partial charge in [0.2, 0.25) is 5.95 Å². The predicted molar refractivity (Wildman–Crippen MR) is 92.1 cm³/mol. The highest BCUT2D eigenvalue weighted by atomic mass is 35.5. The first-order chi connectivity index (χ1) is 11.1. The lowest BCUT2D eigenvalue weighted by molar-refractivity contribution is 0.102. The lowest BCUT2D eigenvalue weighted by Gasteiger charge is -2.12. The SMILES string of the molecule is Cc1cc(Cl)ccc1NC(=O)c1cnc(NC2CCCC2)nc1. The van der Waals surface area contributed by atoms with Gasteiger partial charge < -0.3 is 10.6 Å². The van der Waals surface area contributed by atoms with Crippen molar-refractivity contribution < 1.29 is 4.79 Å². The molecule has 6 heteroatoms. The summed E-state index contributed by atoms with van der Waals surface area (Å²) in [5, 5.41) is 6.80. The summed E-state index contributed by atoms with van der Waals surface area (Å²) in [6.45, 7) is 1.90. The molecule has 0 bridgehead atoms. The average Bonchev–Trinajstić information content (AvgIpc) is 3.04. The molecule has 1 amide bonds. The second-order valence-corrected chi connectivity index (χ2v) is 6.27. The minimum absolute atomic E-state index is 0.233. The Bertz CT molecular complexity index is 696. The van der Waals surface area contributed by atoms with Gasteiger partial charge in [0, 0.05) is 29.1 Å². The van der Waals surface area contributed by atoms with Crippen molar-refractivity contribution in [1.29, 1.82) is 0 Å². The van der Waals surface area contributed by atoms with Crippen LogP contribution >= 0.6 is 11.6 Å². The maximum Gasteiger partial charge on any atom is 0.258 e. The minimum atomic E-state index is -0.233. The fraction of sp³-hybridized carbons (Fsp3) is 0.353. The van der Waals surface area contributed by atoms with E-state index < -0.39 is 0 Å². The number of aromatic nitrogens is 2. The Balaban J connectivity index is 1.65. The number of hydrogen-bond acceptors (Lipinski definition) is 4. The number of aryl methyl sites for hydroxylation is 1. The van der Waals surface area contributed by atoms with Crippen molar-refractivity contribution in [2.75, 3.05) is 10.6 Å². The van der Waals surface area contributed by atoms with Gasteiger partial charge in [-0.15, -0.1) is 0 Å². The maximum absolute atomic E-state index is 12.3. The Labute approximate surface area is 140 Å². The van der Waals surface area contributed by atoms with Gasteiger partial charge in [0.05, 0.1) is 5.56 Å². The number of carbonyl (C=O) groups excluding carboxylic acids is 1. The zero-order valence-corrected chi connectivity index (χ0v) is 13.7. The van der Waals surface area contributed by atoms with E-state index in [9.17, 15) is 4.79 Å². The van der Waals surface area contributed by atoms with Gasteiger partial charge in [0.15, 0.2) is 0 Å². The third-order valence-electron chi connectivity index (χ3n) is 4.04. The molecule has 1 saturated carbocycles. The smallest absolute Gasteiger partial charge is 0.258 e. The van der Waals surface area contributed by atoms with Crippen molar-refractivity contribution in [2.24, 2.45) is 0 Å². The second-order valence-electron chi connectivity index (χ2n) is 5.83. The van der Waals surface area contributed by atoms with Crippen molar-refractivity contribution in [1.82, 2.24) is 9.97 Å². The van der Waals surface area contributed by atoms with Gasteiger partial charge in [0.25, 0.3) is 5.91 Å². The fourth-order valence-electron chi connectivity index (χ4n) is 2.73. The fourth-order valence-corrected chi connectivity index (χ4v) is 2.96. The van der Waals surface area contributed by atoms with Crippen LogP contribution in [0.25, 0.3) is 0 Å². The Morgan fingerprint density at radius 1 is 1.22 bits per heavy atom. The van der Waals surface area contributed by atoms with E-state index in [-0.39, 0.29) is 5.91 Å². The van der Waals surface area contributed by atoms with Crippen LogP contribution in [-0.4, -0.2) is 21.9 Å². The molecule has 1 fully saturated rings. The van der Waals surface area contributed by atoms with Crippen molar-refractivity contribution >= 4 is 29.1 Å². The lowest BCUT2D eigenvalue weighted by atomic mass is 10.2. The number of rotatable bonds is 4. The molecule has 0 radical (unpaired) electrons. The molecule has 0 spiro atoms.